The number of halogens is 2. The number of aryl methyl sites for hydroxylation is 1. The van der Waals surface area contributed by atoms with Crippen LogP contribution >= 0.6 is 15.9 Å². The van der Waals surface area contributed by atoms with Crippen molar-refractivity contribution < 1.29 is 13.9 Å². The average molecular weight is 428 g/mol. The van der Waals surface area contributed by atoms with Gasteiger partial charge in [-0.1, -0.05) is 28.1 Å². The maximum Gasteiger partial charge on any atom is 0.304 e. The number of imidazole rings is 1. The van der Waals surface area contributed by atoms with E-state index in [1.54, 1.807) is 18.2 Å². The molecule has 0 bridgehead atoms. The van der Waals surface area contributed by atoms with Gasteiger partial charge in [0.1, 0.15) is 5.82 Å². The Morgan fingerprint density at radius 1 is 1.22 bits per heavy atom. The highest BCUT2D eigenvalue weighted by atomic mass is 79.9. The fourth-order valence-corrected chi connectivity index (χ4v) is 3.50. The standard InChI is InChI=1S/C20H15BrFN3O2/c1-11-10-25-17-8-7-13(21)9-15(17)18(14-5-3-4-6-16(14)22)24-20(19(25)23-11)27-12(2)26/h3-10,20H,1-2H3. The molecule has 136 valence electrons. The molecule has 0 amide bonds. The number of benzene rings is 2. The molecule has 0 spiro atoms. The number of esters is 1. The van der Waals surface area contributed by atoms with Gasteiger partial charge >= 0.3 is 5.97 Å². The second kappa shape index (κ2) is 6.74. The largest absolute Gasteiger partial charge is 0.432 e. The third kappa shape index (κ3) is 3.19. The normalized spacial score (nSPS) is 15.4. The van der Waals surface area contributed by atoms with Gasteiger partial charge in [-0.05, 0) is 37.3 Å². The number of ether oxygens (including phenoxy) is 1. The van der Waals surface area contributed by atoms with Crippen LogP contribution in [0.1, 0.15) is 35.8 Å². The van der Waals surface area contributed by atoms with Crippen LogP contribution in [0.2, 0.25) is 0 Å². The Morgan fingerprint density at radius 2 is 2.00 bits per heavy atom. The molecule has 1 unspecified atom stereocenters. The summed E-state index contributed by atoms with van der Waals surface area (Å²) < 4.78 is 22.7. The molecule has 4 rings (SSSR count). The van der Waals surface area contributed by atoms with Gasteiger partial charge in [-0.15, -0.1) is 0 Å². The van der Waals surface area contributed by atoms with Gasteiger partial charge in [0.2, 0.25) is 0 Å². The number of hydrogen-bond donors (Lipinski definition) is 0. The molecule has 0 aliphatic carbocycles. The maximum atomic E-state index is 14.6. The lowest BCUT2D eigenvalue weighted by Gasteiger charge is -2.12. The van der Waals surface area contributed by atoms with Gasteiger partial charge in [0.15, 0.2) is 5.82 Å². The van der Waals surface area contributed by atoms with E-state index in [4.69, 9.17) is 4.74 Å². The first kappa shape index (κ1) is 17.6. The van der Waals surface area contributed by atoms with E-state index < -0.39 is 18.0 Å². The van der Waals surface area contributed by atoms with Gasteiger partial charge in [-0.3, -0.25) is 9.36 Å². The highest BCUT2D eigenvalue weighted by molar-refractivity contribution is 9.10. The highest BCUT2D eigenvalue weighted by Crippen LogP contribution is 2.33. The smallest absolute Gasteiger partial charge is 0.304 e. The predicted octanol–water partition coefficient (Wildman–Crippen LogP) is 4.50. The third-order valence-electron chi connectivity index (χ3n) is 4.20. The summed E-state index contributed by atoms with van der Waals surface area (Å²) in [5.41, 5.74) is 2.99. The Labute approximate surface area is 163 Å². The number of rotatable bonds is 2. The van der Waals surface area contributed by atoms with Crippen LogP contribution in [0.3, 0.4) is 0 Å². The minimum absolute atomic E-state index is 0.330. The number of aromatic nitrogens is 2. The molecule has 7 heteroatoms. The van der Waals surface area contributed by atoms with Crippen molar-refractivity contribution >= 4 is 27.6 Å². The van der Waals surface area contributed by atoms with Gasteiger partial charge < -0.3 is 4.74 Å². The number of carbonyl (C=O) groups excluding carboxylic acids is 1. The lowest BCUT2D eigenvalue weighted by Crippen LogP contribution is -2.12. The number of fused-ring (bicyclic) bond motifs is 3. The fourth-order valence-electron chi connectivity index (χ4n) is 3.14. The van der Waals surface area contributed by atoms with Gasteiger partial charge in [-0.2, -0.15) is 0 Å². The van der Waals surface area contributed by atoms with Gasteiger partial charge in [0.25, 0.3) is 6.23 Å². The van der Waals surface area contributed by atoms with Crippen LogP contribution < -0.4 is 0 Å². The summed E-state index contributed by atoms with van der Waals surface area (Å²) in [5.74, 6) is -0.423. The minimum Gasteiger partial charge on any atom is -0.432 e. The van der Waals surface area contributed by atoms with Gasteiger partial charge in [0, 0.05) is 28.7 Å². The number of aliphatic imine (C=N–C) groups is 1. The first-order valence-corrected chi connectivity index (χ1v) is 9.09. The quantitative estimate of drug-likeness (QED) is 0.565. The number of nitrogens with zero attached hydrogens (tertiary/aromatic N) is 3. The minimum atomic E-state index is -0.975. The zero-order valence-electron chi connectivity index (χ0n) is 14.6. The number of carbonyl (C=O) groups is 1. The lowest BCUT2D eigenvalue weighted by atomic mass is 10.00. The van der Waals surface area contributed by atoms with Crippen molar-refractivity contribution in [3.63, 3.8) is 0 Å². The molecular formula is C20H15BrFN3O2. The summed E-state index contributed by atoms with van der Waals surface area (Å²) >= 11 is 3.48. The molecule has 1 atom stereocenters. The first-order valence-electron chi connectivity index (χ1n) is 8.30. The zero-order valence-corrected chi connectivity index (χ0v) is 16.2. The zero-order chi connectivity index (χ0) is 19.1. The van der Waals surface area contributed by atoms with E-state index >= 15 is 0 Å². The molecule has 2 aromatic carbocycles. The van der Waals surface area contributed by atoms with E-state index in [1.807, 2.05) is 35.9 Å². The molecule has 0 radical (unpaired) electrons. The lowest BCUT2D eigenvalue weighted by molar-refractivity contribution is -0.146. The molecule has 3 aromatic rings. The van der Waals surface area contributed by atoms with Crippen molar-refractivity contribution in [2.75, 3.05) is 0 Å². The van der Waals surface area contributed by atoms with E-state index in [9.17, 15) is 9.18 Å². The molecule has 0 fully saturated rings. The summed E-state index contributed by atoms with van der Waals surface area (Å²) in [6.07, 6.45) is 0.871. The van der Waals surface area contributed by atoms with Crippen LogP contribution in [0.4, 0.5) is 4.39 Å². The molecule has 0 saturated heterocycles. The third-order valence-corrected chi connectivity index (χ3v) is 4.69. The molecule has 27 heavy (non-hydrogen) atoms. The van der Waals surface area contributed by atoms with E-state index in [0.717, 1.165) is 15.9 Å². The van der Waals surface area contributed by atoms with Gasteiger partial charge in [-0.25, -0.2) is 14.4 Å². The van der Waals surface area contributed by atoms with Gasteiger partial charge in [0.05, 0.1) is 17.1 Å². The van der Waals surface area contributed by atoms with E-state index in [-0.39, 0.29) is 0 Å². The summed E-state index contributed by atoms with van der Waals surface area (Å²) in [4.78, 5) is 20.8. The second-order valence-corrected chi connectivity index (χ2v) is 7.11. The van der Waals surface area contributed by atoms with Crippen LogP contribution in [0, 0.1) is 12.7 Å². The Balaban J connectivity index is 2.05. The molecule has 0 N–H and O–H groups in total. The van der Waals surface area contributed by atoms with Crippen LogP contribution in [0.25, 0.3) is 5.69 Å². The van der Waals surface area contributed by atoms with Crippen molar-refractivity contribution in [2.45, 2.75) is 20.1 Å². The van der Waals surface area contributed by atoms with Crippen LogP contribution in [0.5, 0.6) is 0 Å². The summed E-state index contributed by atoms with van der Waals surface area (Å²) in [6, 6.07) is 12.1. The summed E-state index contributed by atoms with van der Waals surface area (Å²) in [7, 11) is 0. The molecule has 0 saturated carbocycles. The van der Waals surface area contributed by atoms with E-state index in [1.165, 1.54) is 13.0 Å². The summed E-state index contributed by atoms with van der Waals surface area (Å²) in [6.45, 7) is 3.17. The van der Waals surface area contributed by atoms with E-state index in [2.05, 4.69) is 25.9 Å². The molecule has 5 nitrogen and oxygen atoms in total. The van der Waals surface area contributed by atoms with Crippen molar-refractivity contribution in [1.82, 2.24) is 9.55 Å². The Morgan fingerprint density at radius 3 is 2.74 bits per heavy atom. The molecule has 1 aliphatic heterocycles. The predicted molar refractivity (Wildman–Crippen MR) is 103 cm³/mol. The Kier molecular flexibility index (Phi) is 4.39. The van der Waals surface area contributed by atoms with Crippen LogP contribution in [-0.2, 0) is 9.53 Å². The fraction of sp³-hybridized carbons (Fsp3) is 0.150. The first-order chi connectivity index (χ1) is 12.9. The molecule has 2 heterocycles. The van der Waals surface area contributed by atoms with E-state index in [0.29, 0.717) is 22.7 Å². The topological polar surface area (TPSA) is 56.5 Å². The Bertz CT molecular complexity index is 1090. The summed E-state index contributed by atoms with van der Waals surface area (Å²) in [5, 5.41) is 0. The van der Waals surface area contributed by atoms with Crippen molar-refractivity contribution in [1.29, 1.82) is 0 Å². The number of hydrogen-bond acceptors (Lipinski definition) is 4. The molecular weight excluding hydrogens is 413 g/mol. The molecule has 1 aromatic heterocycles. The molecule has 1 aliphatic rings. The van der Waals surface area contributed by atoms with Crippen molar-refractivity contribution in [3.05, 3.63) is 81.6 Å². The monoisotopic (exact) mass is 427 g/mol. The second-order valence-electron chi connectivity index (χ2n) is 6.19. The van der Waals surface area contributed by atoms with Crippen molar-refractivity contribution in [3.8, 4) is 5.69 Å². The SMILES string of the molecule is CC(=O)OC1N=C(c2ccccc2F)c2cc(Br)ccc2-n2cc(C)nc21. The van der Waals surface area contributed by atoms with Crippen LogP contribution in [-0.4, -0.2) is 21.2 Å². The Hall–Kier alpha value is -2.80. The average Bonchev–Trinajstić information content (AvgIpc) is 2.96. The highest BCUT2D eigenvalue weighted by Gasteiger charge is 2.29. The van der Waals surface area contributed by atoms with Crippen molar-refractivity contribution in [2.24, 2.45) is 4.99 Å². The van der Waals surface area contributed by atoms with Crippen LogP contribution in [0.15, 0.2) is 58.1 Å². The maximum absolute atomic E-state index is 14.6.